The molecule has 0 aromatic carbocycles. The van der Waals surface area contributed by atoms with E-state index in [0.29, 0.717) is 19.3 Å². The van der Waals surface area contributed by atoms with E-state index in [4.69, 9.17) is 8.48 Å². The van der Waals surface area contributed by atoms with E-state index >= 15 is 0 Å². The molecule has 0 saturated heterocycles. The molecule has 0 aromatic rings. The van der Waals surface area contributed by atoms with Crippen molar-refractivity contribution >= 4 is 5.78 Å². The zero-order chi connectivity index (χ0) is 8.91. The lowest BCUT2D eigenvalue weighted by Crippen LogP contribution is -1.98. The van der Waals surface area contributed by atoms with Crippen molar-refractivity contribution in [2.24, 2.45) is 5.73 Å². The lowest BCUT2D eigenvalue weighted by molar-refractivity contribution is -0.117. The molecule has 2 N–H and O–H groups in total. The molecule has 0 aromatic heterocycles. The van der Waals surface area contributed by atoms with E-state index in [1.807, 2.05) is 0 Å². The van der Waals surface area contributed by atoms with Gasteiger partial charge in [0.2, 0.25) is 0 Å². The van der Waals surface area contributed by atoms with Gasteiger partial charge in [0.1, 0.15) is 5.78 Å². The Morgan fingerprint density at radius 1 is 1.67 bits per heavy atom. The second kappa shape index (κ2) is 5.76. The van der Waals surface area contributed by atoms with Crippen molar-refractivity contribution in [3.63, 3.8) is 0 Å². The van der Waals surface area contributed by atoms with Gasteiger partial charge in [0.25, 0.3) is 0 Å². The predicted octanol–water partition coefficient (Wildman–Crippen LogP) is 1.09. The van der Waals surface area contributed by atoms with Crippen LogP contribution >= 0.6 is 0 Å². The topological polar surface area (TPSA) is 43.1 Å². The molecule has 2 nitrogen and oxygen atoms in total. The van der Waals surface area contributed by atoms with Crippen LogP contribution in [0.2, 0.25) is 0 Å². The van der Waals surface area contributed by atoms with Gasteiger partial charge in [-0.3, -0.25) is 0 Å². The fraction of sp³-hybridized carbons (Fsp3) is 0.857. The fourth-order valence-electron chi connectivity index (χ4n) is 0.564. The highest BCUT2D eigenvalue weighted by atomic mass is 16.1. The summed E-state index contributed by atoms with van der Waals surface area (Å²) in [5, 5.41) is 0. The molecule has 0 rings (SSSR count). The molecule has 54 valence electrons. The first-order chi connectivity index (χ1) is 4.98. The summed E-state index contributed by atoms with van der Waals surface area (Å²) in [6.45, 7) is 1.54. The van der Waals surface area contributed by atoms with Gasteiger partial charge in [-0.05, 0) is 26.3 Å². The van der Waals surface area contributed by atoms with Crippen LogP contribution in [0.3, 0.4) is 0 Å². The van der Waals surface area contributed by atoms with Gasteiger partial charge < -0.3 is 10.5 Å². The van der Waals surface area contributed by atoms with Crippen molar-refractivity contribution in [3.8, 4) is 0 Å². The number of carbonyl (C=O) groups is 1. The molecule has 0 spiro atoms. The molecule has 0 bridgehead atoms. The lowest BCUT2D eigenvalue weighted by atomic mass is 10.1. The molecular formula is C7H15NO. The van der Waals surface area contributed by atoms with E-state index in [1.165, 1.54) is 6.92 Å². The van der Waals surface area contributed by atoms with Crippen LogP contribution in [0.15, 0.2) is 0 Å². The third-order valence-corrected chi connectivity index (χ3v) is 1.03. The second-order valence-electron chi connectivity index (χ2n) is 2.01. The average molecular weight is 131 g/mol. The first-order valence-electron chi connectivity index (χ1n) is 4.17. The van der Waals surface area contributed by atoms with Crippen LogP contribution in [-0.4, -0.2) is 12.3 Å². The smallest absolute Gasteiger partial charge is 0.129 e. The Bertz CT molecular complexity index is 136. The number of Topliss-reactive ketones (excluding diaryl/α,β-unsaturated/α-hetero) is 1. The number of hydrogen-bond acceptors (Lipinski definition) is 2. The molecule has 0 saturated carbocycles. The van der Waals surface area contributed by atoms with Gasteiger partial charge in [0.15, 0.2) is 0 Å². The summed E-state index contributed by atoms with van der Waals surface area (Å²) in [5.74, 6) is 0.109. The van der Waals surface area contributed by atoms with Crippen LogP contribution in [0.1, 0.15) is 35.3 Å². The quantitative estimate of drug-likeness (QED) is 0.607. The van der Waals surface area contributed by atoms with Gasteiger partial charge >= 0.3 is 0 Å². The Balaban J connectivity index is 3.45. The van der Waals surface area contributed by atoms with Gasteiger partial charge in [0, 0.05) is 9.16 Å². The SMILES string of the molecule is [2H]C([2H])(CN)CCCC(C)=O. The average Bonchev–Trinajstić information content (AvgIpc) is 1.87. The van der Waals surface area contributed by atoms with Crippen molar-refractivity contribution < 1.29 is 7.54 Å². The molecule has 0 unspecified atom stereocenters. The first-order valence-corrected chi connectivity index (χ1v) is 3.17. The molecule has 0 amide bonds. The van der Waals surface area contributed by atoms with Gasteiger partial charge in [-0.25, -0.2) is 0 Å². The molecule has 0 fully saturated rings. The van der Waals surface area contributed by atoms with Crippen LogP contribution < -0.4 is 5.73 Å². The third kappa shape index (κ3) is 7.63. The highest BCUT2D eigenvalue weighted by Crippen LogP contribution is 1.98. The molecule has 2 heteroatoms. The first kappa shape index (κ1) is 5.42. The van der Waals surface area contributed by atoms with Gasteiger partial charge in [0.05, 0.1) is 0 Å². The predicted molar refractivity (Wildman–Crippen MR) is 38.2 cm³/mol. The van der Waals surface area contributed by atoms with Crippen LogP contribution in [-0.2, 0) is 4.79 Å². The maximum atomic E-state index is 10.5. The maximum Gasteiger partial charge on any atom is 0.129 e. The Morgan fingerprint density at radius 3 is 2.78 bits per heavy atom. The molecule has 0 atom stereocenters. The van der Waals surface area contributed by atoms with Crippen molar-refractivity contribution in [1.29, 1.82) is 0 Å². The highest BCUT2D eigenvalue weighted by Gasteiger charge is 1.91. The standard InChI is InChI=1S/C7H15NO/c1-7(9)5-3-2-4-6-8/h2-6,8H2,1H3/i4D2. The number of ketones is 1. The van der Waals surface area contributed by atoms with Crippen LogP contribution in [0, 0.1) is 0 Å². The zero-order valence-corrected chi connectivity index (χ0v) is 5.81. The van der Waals surface area contributed by atoms with E-state index in [2.05, 4.69) is 0 Å². The van der Waals surface area contributed by atoms with Crippen molar-refractivity contribution in [2.75, 3.05) is 6.54 Å². The number of hydrogen-bond donors (Lipinski definition) is 1. The van der Waals surface area contributed by atoms with Crippen LogP contribution in [0.4, 0.5) is 0 Å². The summed E-state index contributed by atoms with van der Waals surface area (Å²) in [6.07, 6.45) is 0.136. The lowest BCUT2D eigenvalue weighted by Gasteiger charge is -1.93. The molecular weight excluding hydrogens is 114 g/mol. The minimum absolute atomic E-state index is 0.0326. The highest BCUT2D eigenvalue weighted by molar-refractivity contribution is 5.75. The summed E-state index contributed by atoms with van der Waals surface area (Å²) in [7, 11) is 0. The summed E-state index contributed by atoms with van der Waals surface area (Å²) in [5.41, 5.74) is 5.16. The number of carbonyl (C=O) groups excluding carboxylic acids is 1. The minimum Gasteiger partial charge on any atom is -0.330 e. The van der Waals surface area contributed by atoms with Crippen LogP contribution in [0.5, 0.6) is 0 Å². The molecule has 0 radical (unpaired) electrons. The van der Waals surface area contributed by atoms with Gasteiger partial charge in [-0.1, -0.05) is 6.42 Å². The Kier molecular flexibility index (Phi) is 3.47. The summed E-state index contributed by atoms with van der Waals surface area (Å²) >= 11 is 0. The molecule has 9 heavy (non-hydrogen) atoms. The number of rotatable bonds is 5. The fourth-order valence-corrected chi connectivity index (χ4v) is 0.564. The normalized spacial score (nSPS) is 14.4. The Hall–Kier alpha value is -0.370. The van der Waals surface area contributed by atoms with Crippen molar-refractivity contribution in [2.45, 2.75) is 32.6 Å². The van der Waals surface area contributed by atoms with Gasteiger partial charge in [-0.15, -0.1) is 0 Å². The third-order valence-electron chi connectivity index (χ3n) is 1.03. The molecule has 0 aliphatic heterocycles. The monoisotopic (exact) mass is 131 g/mol. The Morgan fingerprint density at radius 2 is 2.33 bits per heavy atom. The number of nitrogens with two attached hydrogens (primary N) is 1. The second-order valence-corrected chi connectivity index (χ2v) is 2.01. The summed E-state index contributed by atoms with van der Waals surface area (Å²) in [4.78, 5) is 10.5. The van der Waals surface area contributed by atoms with Crippen molar-refractivity contribution in [1.82, 2.24) is 0 Å². The summed E-state index contributed by atoms with van der Waals surface area (Å²) in [6, 6.07) is 0. The van der Waals surface area contributed by atoms with E-state index in [0.717, 1.165) is 0 Å². The largest absolute Gasteiger partial charge is 0.330 e. The molecule has 0 heterocycles. The van der Waals surface area contributed by atoms with E-state index in [-0.39, 0.29) is 12.3 Å². The van der Waals surface area contributed by atoms with E-state index < -0.39 is 6.37 Å². The van der Waals surface area contributed by atoms with E-state index in [1.54, 1.807) is 0 Å². The zero-order valence-electron chi connectivity index (χ0n) is 7.81. The van der Waals surface area contributed by atoms with E-state index in [9.17, 15) is 4.79 Å². The van der Waals surface area contributed by atoms with Gasteiger partial charge in [-0.2, -0.15) is 0 Å². The maximum absolute atomic E-state index is 10.5. The Labute approximate surface area is 59.2 Å². The molecule has 0 aliphatic carbocycles. The van der Waals surface area contributed by atoms with Crippen molar-refractivity contribution in [3.05, 3.63) is 0 Å². The van der Waals surface area contributed by atoms with Crippen LogP contribution in [0.25, 0.3) is 0 Å². The minimum atomic E-state index is -1.30. The molecule has 0 aliphatic rings. The summed E-state index contributed by atoms with van der Waals surface area (Å²) < 4.78 is 14.5.